The van der Waals surface area contributed by atoms with Crippen molar-refractivity contribution in [2.45, 2.75) is 71.9 Å². The number of amides is 1. The van der Waals surface area contributed by atoms with Crippen molar-refractivity contribution in [3.8, 4) is 5.69 Å². The number of likely N-dealkylation sites (tertiary alicyclic amines) is 1. The van der Waals surface area contributed by atoms with Gasteiger partial charge in [0.2, 0.25) is 5.91 Å². The Morgan fingerprint density at radius 2 is 1.88 bits per heavy atom. The maximum atomic E-state index is 13.2. The van der Waals surface area contributed by atoms with Crippen LogP contribution in [0.2, 0.25) is 0 Å². The van der Waals surface area contributed by atoms with Gasteiger partial charge < -0.3 is 14.8 Å². The summed E-state index contributed by atoms with van der Waals surface area (Å²) < 4.78 is 3.60. The number of hydrogen-bond acceptors (Lipinski definition) is 4. The molecule has 4 rings (SSSR count). The summed E-state index contributed by atoms with van der Waals surface area (Å²) in [5.41, 5.74) is 2.60. The first-order valence-corrected chi connectivity index (χ1v) is 12.6. The number of hydrogen-bond donors (Lipinski definition) is 1. The van der Waals surface area contributed by atoms with E-state index in [1.165, 1.54) is 30.5 Å². The van der Waals surface area contributed by atoms with Gasteiger partial charge in [0.1, 0.15) is 0 Å². The fourth-order valence-electron chi connectivity index (χ4n) is 5.18. The second-order valence-corrected chi connectivity index (χ2v) is 9.50. The Balaban J connectivity index is 1.32. The predicted molar refractivity (Wildman–Crippen MR) is 137 cm³/mol. The number of piperidine rings is 1. The van der Waals surface area contributed by atoms with Crippen LogP contribution in [0.4, 0.5) is 0 Å². The molecule has 0 saturated carbocycles. The fourth-order valence-corrected chi connectivity index (χ4v) is 5.18. The molecule has 0 unspecified atom stereocenters. The lowest BCUT2D eigenvalue weighted by Gasteiger charge is -2.33. The second kappa shape index (κ2) is 11.0. The van der Waals surface area contributed by atoms with Gasteiger partial charge in [-0.1, -0.05) is 24.6 Å². The van der Waals surface area contributed by atoms with E-state index in [1.807, 2.05) is 44.2 Å². The molecule has 1 aliphatic rings. The minimum Gasteiger partial charge on any atom is -0.356 e. The van der Waals surface area contributed by atoms with Crippen LogP contribution in [-0.2, 0) is 11.3 Å². The second-order valence-electron chi connectivity index (χ2n) is 9.50. The normalized spacial score (nSPS) is 16.7. The third kappa shape index (κ3) is 5.25. The van der Waals surface area contributed by atoms with Crippen LogP contribution in [0.1, 0.15) is 56.8 Å². The van der Waals surface area contributed by atoms with Crippen LogP contribution in [0.5, 0.6) is 0 Å². The summed E-state index contributed by atoms with van der Waals surface area (Å²) in [7, 11) is 0. The Labute approximate surface area is 201 Å². The van der Waals surface area contributed by atoms with Crippen molar-refractivity contribution in [1.82, 2.24) is 24.6 Å². The first-order valence-electron chi connectivity index (χ1n) is 12.6. The molecule has 7 heteroatoms. The van der Waals surface area contributed by atoms with Gasteiger partial charge in [-0.3, -0.25) is 9.59 Å². The van der Waals surface area contributed by atoms with E-state index in [0.717, 1.165) is 48.4 Å². The number of para-hydroxylation sites is 1. The predicted octanol–water partition coefficient (Wildman–Crippen LogP) is 3.96. The third-order valence-corrected chi connectivity index (χ3v) is 7.21. The molecular formula is C27H37N5O2. The van der Waals surface area contributed by atoms with E-state index in [2.05, 4.69) is 26.8 Å². The molecular weight excluding hydrogens is 426 g/mol. The van der Waals surface area contributed by atoms with Gasteiger partial charge in [0.15, 0.2) is 0 Å². The van der Waals surface area contributed by atoms with Crippen LogP contribution in [0, 0.1) is 13.8 Å². The van der Waals surface area contributed by atoms with Crippen molar-refractivity contribution >= 4 is 16.7 Å². The average molecular weight is 464 g/mol. The zero-order valence-electron chi connectivity index (χ0n) is 20.7. The summed E-state index contributed by atoms with van der Waals surface area (Å²) in [4.78, 5) is 28.1. The lowest BCUT2D eigenvalue weighted by atomic mass is 10.0. The van der Waals surface area contributed by atoms with Gasteiger partial charge >= 0.3 is 0 Å². The molecule has 2 aromatic heterocycles. The number of carbonyl (C=O) groups is 1. The molecule has 0 aliphatic carbocycles. The average Bonchev–Trinajstić information content (AvgIpc) is 3.09. The number of aryl methyl sites for hydroxylation is 2. The molecule has 182 valence electrons. The van der Waals surface area contributed by atoms with Gasteiger partial charge in [-0.2, -0.15) is 9.78 Å². The maximum absolute atomic E-state index is 13.2. The van der Waals surface area contributed by atoms with Gasteiger partial charge in [-0.05, 0) is 65.1 Å². The Hall–Kier alpha value is -2.93. The molecule has 1 saturated heterocycles. The molecule has 0 radical (unpaired) electrons. The number of fused-ring (bicyclic) bond motifs is 1. The molecule has 3 heterocycles. The summed E-state index contributed by atoms with van der Waals surface area (Å²) in [6, 6.07) is 10.1. The fraction of sp³-hybridized carbons (Fsp3) is 0.519. The molecule has 34 heavy (non-hydrogen) atoms. The van der Waals surface area contributed by atoms with Gasteiger partial charge in [0.25, 0.3) is 5.56 Å². The topological polar surface area (TPSA) is 72.2 Å². The summed E-state index contributed by atoms with van der Waals surface area (Å²) in [5, 5.41) is 9.06. The van der Waals surface area contributed by atoms with E-state index in [0.29, 0.717) is 24.4 Å². The van der Waals surface area contributed by atoms with Crippen LogP contribution in [0.15, 0.2) is 41.3 Å². The van der Waals surface area contributed by atoms with E-state index >= 15 is 0 Å². The first kappa shape index (κ1) is 24.2. The highest BCUT2D eigenvalue weighted by atomic mass is 16.1. The van der Waals surface area contributed by atoms with Crippen LogP contribution < -0.4 is 10.9 Å². The highest BCUT2D eigenvalue weighted by Crippen LogP contribution is 2.23. The van der Waals surface area contributed by atoms with Crippen molar-refractivity contribution in [1.29, 1.82) is 0 Å². The van der Waals surface area contributed by atoms with Gasteiger partial charge in [-0.15, -0.1) is 0 Å². The monoisotopic (exact) mass is 463 g/mol. The smallest absolute Gasteiger partial charge is 0.281 e. The van der Waals surface area contributed by atoms with Crippen LogP contribution in [0.25, 0.3) is 16.5 Å². The highest BCUT2D eigenvalue weighted by molar-refractivity contribution is 5.87. The molecule has 1 aliphatic heterocycles. The molecule has 0 spiro atoms. The van der Waals surface area contributed by atoms with E-state index in [9.17, 15) is 9.59 Å². The molecule has 3 aromatic rings. The molecule has 1 atom stereocenters. The Bertz CT molecular complexity index is 1180. The SMILES string of the molecule is Cc1c2cnn(-c3ccccc3)c(=O)c2c(C)n1CCCC(=O)NCCCN1CCCC[C@H]1C. The molecule has 1 aromatic carbocycles. The number of aromatic nitrogens is 3. The molecule has 1 N–H and O–H groups in total. The summed E-state index contributed by atoms with van der Waals surface area (Å²) >= 11 is 0. The number of nitrogens with one attached hydrogen (secondary N) is 1. The van der Waals surface area contributed by atoms with Gasteiger partial charge in [0, 0.05) is 48.9 Å². The Morgan fingerprint density at radius 3 is 2.65 bits per heavy atom. The molecule has 1 fully saturated rings. The molecule has 1 amide bonds. The number of carbonyl (C=O) groups excluding carboxylic acids is 1. The number of nitrogens with zero attached hydrogens (tertiary/aromatic N) is 4. The summed E-state index contributed by atoms with van der Waals surface area (Å²) in [5.74, 6) is 0.104. The van der Waals surface area contributed by atoms with Crippen LogP contribution in [0.3, 0.4) is 0 Å². The van der Waals surface area contributed by atoms with Crippen LogP contribution in [-0.4, -0.2) is 50.8 Å². The maximum Gasteiger partial charge on any atom is 0.281 e. The zero-order valence-corrected chi connectivity index (χ0v) is 20.7. The highest BCUT2D eigenvalue weighted by Gasteiger charge is 2.18. The minimum atomic E-state index is -0.108. The van der Waals surface area contributed by atoms with Gasteiger partial charge in [0.05, 0.1) is 17.3 Å². The van der Waals surface area contributed by atoms with E-state index < -0.39 is 0 Å². The largest absolute Gasteiger partial charge is 0.356 e. The van der Waals surface area contributed by atoms with E-state index in [1.54, 1.807) is 6.20 Å². The van der Waals surface area contributed by atoms with Crippen molar-refractivity contribution in [3.05, 3.63) is 58.3 Å². The summed E-state index contributed by atoms with van der Waals surface area (Å²) in [6.07, 6.45) is 7.91. The van der Waals surface area contributed by atoms with Crippen molar-refractivity contribution in [2.75, 3.05) is 19.6 Å². The lowest BCUT2D eigenvalue weighted by Crippen LogP contribution is -2.39. The van der Waals surface area contributed by atoms with Crippen molar-refractivity contribution in [2.24, 2.45) is 0 Å². The third-order valence-electron chi connectivity index (χ3n) is 7.21. The van der Waals surface area contributed by atoms with E-state index in [4.69, 9.17) is 0 Å². The zero-order chi connectivity index (χ0) is 24.1. The van der Waals surface area contributed by atoms with Crippen LogP contribution >= 0.6 is 0 Å². The Morgan fingerprint density at radius 1 is 1.09 bits per heavy atom. The summed E-state index contributed by atoms with van der Waals surface area (Å²) in [6.45, 7) is 9.99. The Kier molecular flexibility index (Phi) is 7.83. The first-order chi connectivity index (χ1) is 16.5. The van der Waals surface area contributed by atoms with Crippen molar-refractivity contribution < 1.29 is 4.79 Å². The number of benzene rings is 1. The number of rotatable bonds is 9. The lowest BCUT2D eigenvalue weighted by molar-refractivity contribution is -0.121. The minimum absolute atomic E-state index is 0.104. The standard InChI is InChI=1S/C27H37N5O2/c1-20-11-7-8-16-30(20)17-10-15-28-25(33)14-9-18-31-21(2)24-19-29-32(23-12-5-4-6-13-23)27(34)26(24)22(31)3/h4-6,12-13,19-20H,7-11,14-18H2,1-3H3,(H,28,33)/t20-/m1/s1. The van der Waals surface area contributed by atoms with E-state index in [-0.39, 0.29) is 11.5 Å². The van der Waals surface area contributed by atoms with Crippen molar-refractivity contribution in [3.63, 3.8) is 0 Å². The van der Waals surface area contributed by atoms with Gasteiger partial charge in [-0.25, -0.2) is 0 Å². The quantitative estimate of drug-likeness (QED) is 0.488. The molecule has 0 bridgehead atoms. The molecule has 7 nitrogen and oxygen atoms in total.